The first-order chi connectivity index (χ1) is 13.3. The number of methoxy groups -OCH3 is 1. The predicted molar refractivity (Wildman–Crippen MR) is 99.5 cm³/mol. The van der Waals surface area contributed by atoms with Crippen LogP contribution in [0.15, 0.2) is 47.4 Å². The summed E-state index contributed by atoms with van der Waals surface area (Å²) in [5, 5.41) is 2.54. The highest BCUT2D eigenvalue weighted by atomic mass is 32.2. The van der Waals surface area contributed by atoms with Crippen molar-refractivity contribution >= 4 is 21.6 Å². The zero-order valence-corrected chi connectivity index (χ0v) is 16.0. The maximum absolute atomic E-state index is 13.7. The highest BCUT2D eigenvalue weighted by molar-refractivity contribution is 7.89. The molecule has 1 aliphatic heterocycles. The molecule has 150 valence electrons. The maximum atomic E-state index is 13.7. The first-order valence-corrected chi connectivity index (χ1v) is 10.2. The van der Waals surface area contributed by atoms with Crippen LogP contribution in [-0.2, 0) is 14.8 Å². The largest absolute Gasteiger partial charge is 0.495 e. The number of nitrogens with one attached hydrogen (secondary N) is 1. The third kappa shape index (κ3) is 4.15. The monoisotopic (exact) mass is 410 g/mol. The van der Waals surface area contributed by atoms with Crippen LogP contribution < -0.4 is 10.1 Å². The number of piperidine rings is 1. The number of carbonyl (C=O) groups excluding carboxylic acids is 1. The molecule has 1 aliphatic rings. The lowest BCUT2D eigenvalue weighted by atomic mass is 9.97. The minimum atomic E-state index is -3.97. The third-order valence-corrected chi connectivity index (χ3v) is 6.62. The van der Waals surface area contributed by atoms with Crippen LogP contribution in [0.4, 0.5) is 14.5 Å². The standard InChI is InChI=1S/C19H20F2N2O4S/c1-27-17-7-6-14(20)12-18(17)28(25,26)23-10-8-13(9-11-23)19(24)22-16-5-3-2-4-15(16)21/h2-7,12-13H,8-11H2,1H3,(H,22,24). The number of amides is 1. The molecule has 9 heteroatoms. The van der Waals surface area contributed by atoms with Crippen molar-refractivity contribution in [1.29, 1.82) is 0 Å². The Morgan fingerprint density at radius 1 is 1.14 bits per heavy atom. The molecule has 1 fully saturated rings. The zero-order chi connectivity index (χ0) is 20.3. The number of sulfonamides is 1. The molecular weight excluding hydrogens is 390 g/mol. The number of hydrogen-bond donors (Lipinski definition) is 1. The highest BCUT2D eigenvalue weighted by Gasteiger charge is 2.34. The van der Waals surface area contributed by atoms with Crippen molar-refractivity contribution in [3.05, 3.63) is 54.1 Å². The minimum Gasteiger partial charge on any atom is -0.495 e. The van der Waals surface area contributed by atoms with Gasteiger partial charge in [-0.2, -0.15) is 4.31 Å². The number of benzene rings is 2. The van der Waals surface area contributed by atoms with E-state index in [1.165, 1.54) is 35.7 Å². The molecule has 1 heterocycles. The lowest BCUT2D eigenvalue weighted by Gasteiger charge is -2.30. The van der Waals surface area contributed by atoms with E-state index in [4.69, 9.17) is 4.74 Å². The summed E-state index contributed by atoms with van der Waals surface area (Å²) in [5.41, 5.74) is 0.0899. The molecular formula is C19H20F2N2O4S. The molecule has 1 saturated heterocycles. The smallest absolute Gasteiger partial charge is 0.246 e. The van der Waals surface area contributed by atoms with E-state index in [-0.39, 0.29) is 48.2 Å². The molecule has 0 aromatic heterocycles. The molecule has 0 atom stereocenters. The summed E-state index contributed by atoms with van der Waals surface area (Å²) in [6, 6.07) is 9.15. The second kappa shape index (κ2) is 8.24. The number of para-hydroxylation sites is 1. The fourth-order valence-electron chi connectivity index (χ4n) is 3.15. The Bertz CT molecular complexity index is 974. The van der Waals surface area contributed by atoms with Gasteiger partial charge in [0, 0.05) is 19.0 Å². The van der Waals surface area contributed by atoms with E-state index >= 15 is 0 Å². The molecule has 1 N–H and O–H groups in total. The van der Waals surface area contributed by atoms with E-state index in [1.807, 2.05) is 0 Å². The molecule has 6 nitrogen and oxygen atoms in total. The zero-order valence-electron chi connectivity index (χ0n) is 15.2. The Balaban J connectivity index is 1.69. The van der Waals surface area contributed by atoms with Gasteiger partial charge in [-0.3, -0.25) is 4.79 Å². The summed E-state index contributed by atoms with van der Waals surface area (Å²) in [6.07, 6.45) is 0.550. The first-order valence-electron chi connectivity index (χ1n) is 8.72. The van der Waals surface area contributed by atoms with Gasteiger partial charge in [0.2, 0.25) is 15.9 Å². The summed E-state index contributed by atoms with van der Waals surface area (Å²) >= 11 is 0. The van der Waals surface area contributed by atoms with Crippen LogP contribution in [0.25, 0.3) is 0 Å². The van der Waals surface area contributed by atoms with Crippen molar-refractivity contribution < 1.29 is 26.7 Å². The SMILES string of the molecule is COc1ccc(F)cc1S(=O)(=O)N1CCC(C(=O)Nc2ccccc2F)CC1. The summed E-state index contributed by atoms with van der Waals surface area (Å²) < 4.78 is 59.2. The number of carbonyl (C=O) groups is 1. The van der Waals surface area contributed by atoms with Gasteiger partial charge in [0.15, 0.2) is 0 Å². The number of ether oxygens (including phenoxy) is 1. The number of nitrogens with zero attached hydrogens (tertiary/aromatic N) is 1. The van der Waals surface area contributed by atoms with Crippen LogP contribution in [0, 0.1) is 17.6 Å². The fourth-order valence-corrected chi connectivity index (χ4v) is 4.78. The Morgan fingerprint density at radius 3 is 2.46 bits per heavy atom. The molecule has 3 rings (SSSR count). The molecule has 0 radical (unpaired) electrons. The van der Waals surface area contributed by atoms with E-state index < -0.39 is 27.6 Å². The topological polar surface area (TPSA) is 75.7 Å². The van der Waals surface area contributed by atoms with E-state index in [1.54, 1.807) is 6.07 Å². The average Bonchev–Trinajstić information content (AvgIpc) is 2.69. The molecule has 0 saturated carbocycles. The Morgan fingerprint density at radius 2 is 1.82 bits per heavy atom. The van der Waals surface area contributed by atoms with Crippen LogP contribution in [0.2, 0.25) is 0 Å². The maximum Gasteiger partial charge on any atom is 0.246 e. The van der Waals surface area contributed by atoms with Crippen molar-refractivity contribution in [2.75, 3.05) is 25.5 Å². The van der Waals surface area contributed by atoms with Gasteiger partial charge < -0.3 is 10.1 Å². The molecule has 1 amide bonds. The van der Waals surface area contributed by atoms with E-state index in [2.05, 4.69) is 5.32 Å². The van der Waals surface area contributed by atoms with Gasteiger partial charge in [0.05, 0.1) is 12.8 Å². The molecule has 0 spiro atoms. The molecule has 0 aliphatic carbocycles. The minimum absolute atomic E-state index is 0.0563. The molecule has 2 aromatic carbocycles. The van der Waals surface area contributed by atoms with Crippen molar-refractivity contribution in [2.45, 2.75) is 17.7 Å². The summed E-state index contributed by atoms with van der Waals surface area (Å²) in [5.74, 6) is -1.96. The van der Waals surface area contributed by atoms with Crippen LogP contribution in [0.5, 0.6) is 5.75 Å². The normalized spacial score (nSPS) is 16.0. The fraction of sp³-hybridized carbons (Fsp3) is 0.316. The predicted octanol–water partition coefficient (Wildman–Crippen LogP) is 3.01. The van der Waals surface area contributed by atoms with Crippen LogP contribution in [-0.4, -0.2) is 38.8 Å². The van der Waals surface area contributed by atoms with Gasteiger partial charge >= 0.3 is 0 Å². The quantitative estimate of drug-likeness (QED) is 0.822. The molecule has 0 unspecified atom stereocenters. The average molecular weight is 410 g/mol. The Labute approximate surface area is 162 Å². The number of rotatable bonds is 5. The third-order valence-electron chi connectivity index (χ3n) is 4.70. The van der Waals surface area contributed by atoms with Gasteiger partial charge in [0.25, 0.3) is 0 Å². The van der Waals surface area contributed by atoms with Crippen LogP contribution >= 0.6 is 0 Å². The lowest BCUT2D eigenvalue weighted by molar-refractivity contribution is -0.120. The van der Waals surface area contributed by atoms with Crippen LogP contribution in [0.1, 0.15) is 12.8 Å². The lowest BCUT2D eigenvalue weighted by Crippen LogP contribution is -2.41. The van der Waals surface area contributed by atoms with Gasteiger partial charge in [0.1, 0.15) is 22.3 Å². The van der Waals surface area contributed by atoms with Gasteiger partial charge in [-0.1, -0.05) is 12.1 Å². The van der Waals surface area contributed by atoms with Gasteiger partial charge in [-0.15, -0.1) is 0 Å². The van der Waals surface area contributed by atoms with E-state index in [9.17, 15) is 22.0 Å². The second-order valence-electron chi connectivity index (χ2n) is 6.44. The second-order valence-corrected chi connectivity index (χ2v) is 8.35. The number of hydrogen-bond acceptors (Lipinski definition) is 4. The van der Waals surface area contributed by atoms with Crippen molar-refractivity contribution in [3.8, 4) is 5.75 Å². The van der Waals surface area contributed by atoms with E-state index in [0.717, 1.165) is 12.1 Å². The van der Waals surface area contributed by atoms with E-state index in [0.29, 0.717) is 0 Å². The molecule has 28 heavy (non-hydrogen) atoms. The van der Waals surface area contributed by atoms with Crippen molar-refractivity contribution in [3.63, 3.8) is 0 Å². The van der Waals surface area contributed by atoms with Crippen molar-refractivity contribution in [1.82, 2.24) is 4.31 Å². The Kier molecular flexibility index (Phi) is 5.95. The summed E-state index contributed by atoms with van der Waals surface area (Å²) in [7, 11) is -2.65. The van der Waals surface area contributed by atoms with Crippen LogP contribution in [0.3, 0.4) is 0 Å². The number of halogens is 2. The van der Waals surface area contributed by atoms with Gasteiger partial charge in [-0.25, -0.2) is 17.2 Å². The Hall–Kier alpha value is -2.52. The highest BCUT2D eigenvalue weighted by Crippen LogP contribution is 2.30. The van der Waals surface area contributed by atoms with Gasteiger partial charge in [-0.05, 0) is 43.2 Å². The summed E-state index contributed by atoms with van der Waals surface area (Å²) in [4.78, 5) is 12.1. The number of anilines is 1. The van der Waals surface area contributed by atoms with Crippen molar-refractivity contribution in [2.24, 2.45) is 5.92 Å². The molecule has 2 aromatic rings. The molecule has 0 bridgehead atoms. The first kappa shape index (κ1) is 20.2. The summed E-state index contributed by atoms with van der Waals surface area (Å²) in [6.45, 7) is 0.189.